The third-order valence-electron chi connectivity index (χ3n) is 5.36. The van der Waals surface area contributed by atoms with Crippen LogP contribution in [0.5, 0.6) is 0 Å². The van der Waals surface area contributed by atoms with Gasteiger partial charge in [-0.1, -0.05) is 0 Å². The summed E-state index contributed by atoms with van der Waals surface area (Å²) in [4.78, 5) is 49.2. The molecule has 0 aromatic heterocycles. The molecule has 3 N–H and O–H groups in total. The Morgan fingerprint density at radius 3 is 2.33 bits per heavy atom. The monoisotopic (exact) mass is 381 g/mol. The standard InChI is InChI=1S/C19H31N3O5/c1-12(23)14(5-6-15(20)24)22-11-19(16(22)25)9-7-13(8-10-19)21-17(26)27-18(2,3)4/h13-14H,5-11H2,1-4H3,(H2,20,24)(H,21,26)/t13?,14-,19?/m0/s1. The van der Waals surface area contributed by atoms with Crippen molar-refractivity contribution in [3.05, 3.63) is 0 Å². The predicted octanol–water partition coefficient (Wildman–Crippen LogP) is 1.51. The minimum atomic E-state index is -0.576. The van der Waals surface area contributed by atoms with E-state index in [2.05, 4.69) is 5.32 Å². The molecule has 1 spiro atoms. The van der Waals surface area contributed by atoms with Crippen molar-refractivity contribution >= 4 is 23.7 Å². The number of primary amides is 1. The molecule has 3 amide bonds. The summed E-state index contributed by atoms with van der Waals surface area (Å²) < 4.78 is 5.27. The van der Waals surface area contributed by atoms with E-state index in [0.717, 1.165) is 0 Å². The predicted molar refractivity (Wildman–Crippen MR) is 98.7 cm³/mol. The van der Waals surface area contributed by atoms with E-state index in [1.54, 1.807) is 4.90 Å². The van der Waals surface area contributed by atoms with Gasteiger partial charge in [-0.2, -0.15) is 0 Å². The largest absolute Gasteiger partial charge is 0.444 e. The molecule has 0 aromatic carbocycles. The third-order valence-corrected chi connectivity index (χ3v) is 5.36. The Bertz CT molecular complexity index is 617. The second kappa shape index (κ2) is 7.86. The molecular weight excluding hydrogens is 350 g/mol. The Morgan fingerprint density at radius 1 is 1.30 bits per heavy atom. The number of alkyl carbamates (subject to hydrolysis) is 1. The van der Waals surface area contributed by atoms with E-state index >= 15 is 0 Å². The number of rotatable bonds is 6. The second-order valence-electron chi connectivity index (χ2n) is 8.77. The first-order valence-electron chi connectivity index (χ1n) is 9.53. The van der Waals surface area contributed by atoms with Gasteiger partial charge in [-0.05, 0) is 59.8 Å². The molecule has 1 atom stereocenters. The van der Waals surface area contributed by atoms with Gasteiger partial charge in [0.05, 0.1) is 11.5 Å². The molecule has 0 radical (unpaired) electrons. The van der Waals surface area contributed by atoms with Crippen LogP contribution in [0.1, 0.15) is 66.2 Å². The van der Waals surface area contributed by atoms with Crippen LogP contribution in [-0.2, 0) is 19.1 Å². The van der Waals surface area contributed by atoms with Crippen molar-refractivity contribution in [3.63, 3.8) is 0 Å². The highest BCUT2D eigenvalue weighted by Gasteiger charge is 2.55. The molecule has 152 valence electrons. The number of hydrogen-bond donors (Lipinski definition) is 2. The molecule has 0 bridgehead atoms. The van der Waals surface area contributed by atoms with Gasteiger partial charge in [-0.3, -0.25) is 14.4 Å². The minimum absolute atomic E-state index is 0.00853. The molecule has 0 aromatic rings. The number of nitrogens with two attached hydrogens (primary N) is 1. The molecule has 2 fully saturated rings. The zero-order chi connectivity index (χ0) is 20.4. The van der Waals surface area contributed by atoms with Crippen LogP contribution < -0.4 is 11.1 Å². The Labute approximate surface area is 160 Å². The van der Waals surface area contributed by atoms with Crippen LogP contribution in [0.15, 0.2) is 0 Å². The fourth-order valence-corrected chi connectivity index (χ4v) is 3.95. The van der Waals surface area contributed by atoms with E-state index in [4.69, 9.17) is 10.5 Å². The Kier molecular flexibility index (Phi) is 6.17. The lowest BCUT2D eigenvalue weighted by Gasteiger charge is -2.54. The van der Waals surface area contributed by atoms with Gasteiger partial charge in [-0.15, -0.1) is 0 Å². The molecule has 27 heavy (non-hydrogen) atoms. The topological polar surface area (TPSA) is 119 Å². The summed E-state index contributed by atoms with van der Waals surface area (Å²) in [6.07, 6.45) is 2.66. The van der Waals surface area contributed by atoms with E-state index in [-0.39, 0.29) is 30.6 Å². The number of hydrogen-bond acceptors (Lipinski definition) is 5. The van der Waals surface area contributed by atoms with Gasteiger partial charge in [0.15, 0.2) is 5.78 Å². The summed E-state index contributed by atoms with van der Waals surface area (Å²) >= 11 is 0. The first-order valence-corrected chi connectivity index (χ1v) is 9.53. The lowest BCUT2D eigenvalue weighted by atomic mass is 9.66. The summed E-state index contributed by atoms with van der Waals surface area (Å²) in [5, 5.41) is 2.87. The first-order chi connectivity index (χ1) is 12.4. The Hall–Kier alpha value is -2.12. The SMILES string of the molecule is CC(=O)[C@H](CCC(N)=O)N1CC2(CCC(NC(=O)OC(C)(C)C)CC2)C1=O. The maximum absolute atomic E-state index is 12.8. The number of Topliss-reactive ketones (excluding diaryl/α,β-unsaturated/α-hetero) is 1. The Morgan fingerprint density at radius 2 is 1.89 bits per heavy atom. The fraction of sp³-hybridized carbons (Fsp3) is 0.789. The van der Waals surface area contributed by atoms with Gasteiger partial charge in [-0.25, -0.2) is 4.79 Å². The Balaban J connectivity index is 1.87. The number of ether oxygens (including phenoxy) is 1. The van der Waals surface area contributed by atoms with Crippen LogP contribution in [0.3, 0.4) is 0 Å². The normalized spacial score (nSPS) is 26.3. The number of nitrogens with zero attached hydrogens (tertiary/aromatic N) is 1. The van der Waals surface area contributed by atoms with E-state index in [9.17, 15) is 19.2 Å². The number of amides is 3. The van der Waals surface area contributed by atoms with Crippen LogP contribution in [-0.4, -0.2) is 52.8 Å². The van der Waals surface area contributed by atoms with Crippen LogP contribution in [0.25, 0.3) is 0 Å². The quantitative estimate of drug-likeness (QED) is 0.676. The molecule has 2 aliphatic rings. The van der Waals surface area contributed by atoms with Crippen molar-refractivity contribution in [2.75, 3.05) is 6.54 Å². The number of β-lactam (4-membered cyclic amide) rings is 1. The van der Waals surface area contributed by atoms with Gasteiger partial charge in [0.1, 0.15) is 5.60 Å². The first kappa shape index (κ1) is 21.2. The van der Waals surface area contributed by atoms with Gasteiger partial charge >= 0.3 is 6.09 Å². The number of likely N-dealkylation sites (tertiary alicyclic amines) is 1. The minimum Gasteiger partial charge on any atom is -0.444 e. The average molecular weight is 381 g/mol. The fourth-order valence-electron chi connectivity index (χ4n) is 3.95. The maximum atomic E-state index is 12.8. The van der Waals surface area contributed by atoms with Crippen LogP contribution in [0.2, 0.25) is 0 Å². The highest BCUT2D eigenvalue weighted by Crippen LogP contribution is 2.46. The smallest absolute Gasteiger partial charge is 0.407 e. The van der Waals surface area contributed by atoms with Crippen molar-refractivity contribution in [1.82, 2.24) is 10.2 Å². The number of carbonyl (C=O) groups excluding carboxylic acids is 4. The maximum Gasteiger partial charge on any atom is 0.407 e. The van der Waals surface area contributed by atoms with Crippen LogP contribution >= 0.6 is 0 Å². The zero-order valence-electron chi connectivity index (χ0n) is 16.7. The van der Waals surface area contributed by atoms with Gasteiger partial charge in [0.25, 0.3) is 0 Å². The van der Waals surface area contributed by atoms with Gasteiger partial charge < -0.3 is 20.7 Å². The lowest BCUT2D eigenvalue weighted by Crippen LogP contribution is -2.67. The second-order valence-corrected chi connectivity index (χ2v) is 8.77. The summed E-state index contributed by atoms with van der Waals surface area (Å²) in [5.74, 6) is -0.625. The average Bonchev–Trinajstić information content (AvgIpc) is 2.53. The van der Waals surface area contributed by atoms with Crippen LogP contribution in [0.4, 0.5) is 4.79 Å². The number of ketones is 1. The van der Waals surface area contributed by atoms with Gasteiger partial charge in [0.2, 0.25) is 11.8 Å². The highest BCUT2D eigenvalue weighted by atomic mass is 16.6. The molecule has 1 saturated heterocycles. The molecule has 8 nitrogen and oxygen atoms in total. The van der Waals surface area contributed by atoms with Gasteiger partial charge in [0, 0.05) is 19.0 Å². The van der Waals surface area contributed by atoms with Crippen molar-refractivity contribution in [2.24, 2.45) is 11.1 Å². The van der Waals surface area contributed by atoms with E-state index in [1.807, 2.05) is 20.8 Å². The third kappa shape index (κ3) is 5.20. The van der Waals surface area contributed by atoms with E-state index in [1.165, 1.54) is 6.92 Å². The molecule has 1 aliphatic heterocycles. The summed E-state index contributed by atoms with van der Waals surface area (Å²) in [6.45, 7) is 7.40. The highest BCUT2D eigenvalue weighted by molar-refractivity contribution is 5.94. The molecular formula is C19H31N3O5. The van der Waals surface area contributed by atoms with Crippen molar-refractivity contribution in [3.8, 4) is 0 Å². The summed E-state index contributed by atoms with van der Waals surface area (Å²) in [6, 6.07) is -0.584. The van der Waals surface area contributed by atoms with E-state index < -0.39 is 29.1 Å². The molecule has 1 saturated carbocycles. The zero-order valence-corrected chi connectivity index (χ0v) is 16.7. The van der Waals surface area contributed by atoms with Crippen molar-refractivity contribution in [1.29, 1.82) is 0 Å². The summed E-state index contributed by atoms with van der Waals surface area (Å²) in [7, 11) is 0. The number of carbonyl (C=O) groups is 4. The molecule has 2 rings (SSSR count). The van der Waals surface area contributed by atoms with Crippen molar-refractivity contribution in [2.45, 2.75) is 83.9 Å². The lowest BCUT2D eigenvalue weighted by molar-refractivity contribution is -0.171. The van der Waals surface area contributed by atoms with E-state index in [0.29, 0.717) is 32.2 Å². The summed E-state index contributed by atoms with van der Waals surface area (Å²) in [5.41, 5.74) is 4.18. The van der Waals surface area contributed by atoms with Crippen molar-refractivity contribution < 1.29 is 23.9 Å². The molecule has 8 heteroatoms. The molecule has 1 heterocycles. The number of nitrogens with one attached hydrogen (secondary N) is 1. The molecule has 0 unspecified atom stereocenters. The molecule has 1 aliphatic carbocycles. The van der Waals surface area contributed by atoms with Crippen LogP contribution in [0, 0.1) is 5.41 Å².